The van der Waals surface area contributed by atoms with Crippen LogP contribution in [0.25, 0.3) is 0 Å². The molecule has 0 bridgehead atoms. The van der Waals surface area contributed by atoms with Gasteiger partial charge in [0.1, 0.15) is 12.1 Å². The maximum atomic E-state index is 11.9. The first-order valence-corrected chi connectivity index (χ1v) is 10.1. The van der Waals surface area contributed by atoms with Crippen LogP contribution >= 0.6 is 11.8 Å². The molecule has 2 atom stereocenters. The van der Waals surface area contributed by atoms with Gasteiger partial charge in [-0.15, -0.1) is 0 Å². The maximum Gasteiger partial charge on any atom is 0.326 e. The van der Waals surface area contributed by atoms with Gasteiger partial charge in [0.15, 0.2) is 0 Å². The molecule has 0 aromatic carbocycles. The summed E-state index contributed by atoms with van der Waals surface area (Å²) in [6.45, 7) is 1.90. The Hall–Kier alpha value is -2.82. The van der Waals surface area contributed by atoms with E-state index in [1.807, 2.05) is 19.1 Å². The van der Waals surface area contributed by atoms with Crippen LogP contribution in [-0.4, -0.2) is 62.1 Å². The van der Waals surface area contributed by atoms with Crippen molar-refractivity contribution in [1.29, 1.82) is 0 Å². The van der Waals surface area contributed by atoms with Crippen molar-refractivity contribution in [2.45, 2.75) is 50.4 Å². The number of aryl methyl sites for hydroxylation is 1. The summed E-state index contributed by atoms with van der Waals surface area (Å²) in [6, 6.07) is 0.333. The Morgan fingerprint density at radius 3 is 2.24 bits per heavy atom. The van der Waals surface area contributed by atoms with E-state index in [4.69, 9.17) is 10.2 Å². The van der Waals surface area contributed by atoms with Crippen LogP contribution in [0.2, 0.25) is 0 Å². The first kappa shape index (κ1) is 24.2. The van der Waals surface area contributed by atoms with Crippen LogP contribution in [0.5, 0.6) is 0 Å². The number of carboxylic acid groups (broad SMARTS) is 3. The lowest BCUT2D eigenvalue weighted by atomic mass is 10.1. The highest BCUT2D eigenvalue weighted by molar-refractivity contribution is 7.98. The SMILES string of the molecule is Cc1cc(CSCCCC(NC(=O)NC(CCC(=O)O)C(=O)O)C(=O)O)ccn1. The van der Waals surface area contributed by atoms with Crippen molar-refractivity contribution in [3.63, 3.8) is 0 Å². The largest absolute Gasteiger partial charge is 0.481 e. The molecule has 2 unspecified atom stereocenters. The number of amides is 2. The average molecular weight is 427 g/mol. The zero-order chi connectivity index (χ0) is 21.8. The molecule has 0 aliphatic rings. The number of nitrogens with zero attached hydrogens (tertiary/aromatic N) is 1. The molecule has 1 rings (SSSR count). The van der Waals surface area contributed by atoms with Crippen molar-refractivity contribution in [2.24, 2.45) is 0 Å². The van der Waals surface area contributed by atoms with E-state index in [2.05, 4.69) is 15.6 Å². The van der Waals surface area contributed by atoms with Gasteiger partial charge in [-0.3, -0.25) is 9.78 Å². The van der Waals surface area contributed by atoms with Gasteiger partial charge >= 0.3 is 23.9 Å². The van der Waals surface area contributed by atoms with Gasteiger partial charge in [0.05, 0.1) is 0 Å². The Bertz CT molecular complexity index is 729. The minimum Gasteiger partial charge on any atom is -0.481 e. The molecule has 0 radical (unpaired) electrons. The predicted octanol–water partition coefficient (Wildman–Crippen LogP) is 1.47. The average Bonchev–Trinajstić information content (AvgIpc) is 2.63. The molecular weight excluding hydrogens is 402 g/mol. The minimum atomic E-state index is -1.42. The van der Waals surface area contributed by atoms with Crippen molar-refractivity contribution in [3.05, 3.63) is 29.6 Å². The van der Waals surface area contributed by atoms with Gasteiger partial charge in [-0.1, -0.05) is 0 Å². The molecule has 1 aromatic rings. The van der Waals surface area contributed by atoms with Gasteiger partial charge in [0.2, 0.25) is 0 Å². The van der Waals surface area contributed by atoms with E-state index in [1.165, 1.54) is 0 Å². The number of nitrogens with one attached hydrogen (secondary N) is 2. The number of pyridine rings is 1. The molecule has 1 aromatic heterocycles. The Kier molecular flexibility index (Phi) is 10.5. The quantitative estimate of drug-likeness (QED) is 0.293. The molecule has 1 heterocycles. The van der Waals surface area contributed by atoms with E-state index < -0.39 is 42.4 Å². The fraction of sp³-hybridized carbons (Fsp3) is 0.500. The highest BCUT2D eigenvalue weighted by atomic mass is 32.2. The first-order chi connectivity index (χ1) is 13.7. The molecule has 0 fully saturated rings. The summed E-state index contributed by atoms with van der Waals surface area (Å²) in [4.78, 5) is 49.0. The number of thioether (sulfide) groups is 1. The maximum absolute atomic E-state index is 11.9. The molecule has 10 nitrogen and oxygen atoms in total. The summed E-state index contributed by atoms with van der Waals surface area (Å²) in [5.41, 5.74) is 2.04. The number of hydrogen-bond acceptors (Lipinski definition) is 6. The molecule has 5 N–H and O–H groups in total. The summed E-state index contributed by atoms with van der Waals surface area (Å²) in [6.07, 6.45) is 1.70. The van der Waals surface area contributed by atoms with Gasteiger partial charge in [0, 0.05) is 24.1 Å². The lowest BCUT2D eigenvalue weighted by Crippen LogP contribution is -2.51. The van der Waals surface area contributed by atoms with Crippen LogP contribution in [0.1, 0.15) is 36.9 Å². The molecule has 0 aliphatic heterocycles. The number of carbonyl (C=O) groups excluding carboxylic acids is 1. The van der Waals surface area contributed by atoms with Crippen molar-refractivity contribution in [3.8, 4) is 0 Å². The van der Waals surface area contributed by atoms with Gasteiger partial charge in [-0.05, 0) is 49.6 Å². The number of carbonyl (C=O) groups is 4. The molecule has 0 aliphatic carbocycles. The van der Waals surface area contributed by atoms with Crippen LogP contribution < -0.4 is 10.6 Å². The Morgan fingerprint density at radius 1 is 1.07 bits per heavy atom. The number of carboxylic acids is 3. The van der Waals surface area contributed by atoms with Gasteiger partial charge < -0.3 is 26.0 Å². The fourth-order valence-electron chi connectivity index (χ4n) is 2.41. The van der Waals surface area contributed by atoms with Crippen LogP contribution in [0.15, 0.2) is 18.3 Å². The molecule has 160 valence electrons. The summed E-state index contributed by atoms with van der Waals surface area (Å²) < 4.78 is 0. The minimum absolute atomic E-state index is 0.179. The molecule has 2 amide bonds. The Balaban J connectivity index is 2.41. The molecule has 11 heteroatoms. The van der Waals surface area contributed by atoms with Gasteiger partial charge in [-0.25, -0.2) is 14.4 Å². The van der Waals surface area contributed by atoms with Crippen molar-refractivity contribution in [1.82, 2.24) is 15.6 Å². The van der Waals surface area contributed by atoms with Crippen molar-refractivity contribution < 1.29 is 34.5 Å². The Morgan fingerprint density at radius 2 is 1.69 bits per heavy atom. The lowest BCUT2D eigenvalue weighted by molar-refractivity contribution is -0.140. The van der Waals surface area contributed by atoms with Crippen molar-refractivity contribution in [2.75, 3.05) is 5.75 Å². The number of urea groups is 1. The normalized spacial score (nSPS) is 12.6. The van der Waals surface area contributed by atoms with E-state index >= 15 is 0 Å². The first-order valence-electron chi connectivity index (χ1n) is 8.92. The Labute approximate surface area is 172 Å². The third-order valence-corrected chi connectivity index (χ3v) is 4.98. The summed E-state index contributed by atoms with van der Waals surface area (Å²) in [5, 5.41) is 31.2. The van der Waals surface area contributed by atoms with Crippen LogP contribution in [-0.2, 0) is 20.1 Å². The third kappa shape index (κ3) is 10.3. The number of hydrogen-bond donors (Lipinski definition) is 5. The van der Waals surface area contributed by atoms with E-state index in [9.17, 15) is 24.3 Å². The van der Waals surface area contributed by atoms with Gasteiger partial charge in [0.25, 0.3) is 0 Å². The predicted molar refractivity (Wildman–Crippen MR) is 106 cm³/mol. The third-order valence-electron chi connectivity index (χ3n) is 3.86. The van der Waals surface area contributed by atoms with Gasteiger partial charge in [-0.2, -0.15) is 11.8 Å². The molecule has 29 heavy (non-hydrogen) atoms. The summed E-state index contributed by atoms with van der Waals surface area (Å²) in [5.74, 6) is -2.37. The highest BCUT2D eigenvalue weighted by Gasteiger charge is 2.24. The van der Waals surface area contributed by atoms with E-state index in [0.29, 0.717) is 12.2 Å². The number of rotatable bonds is 13. The molecular formula is C18H25N3O7S. The molecule has 0 saturated carbocycles. The zero-order valence-electron chi connectivity index (χ0n) is 16.0. The summed E-state index contributed by atoms with van der Waals surface area (Å²) >= 11 is 1.63. The standard InChI is InChI=1S/C18H25N3O7S/c1-11-9-12(6-7-19-11)10-29-8-2-3-13(16(24)25)20-18(28)21-14(17(26)27)4-5-15(22)23/h6-7,9,13-14H,2-5,8,10H2,1H3,(H,22,23)(H,24,25)(H,26,27)(H2,20,21,28). The number of aromatic nitrogens is 1. The summed E-state index contributed by atoms with van der Waals surface area (Å²) in [7, 11) is 0. The lowest BCUT2D eigenvalue weighted by Gasteiger charge is -2.18. The smallest absolute Gasteiger partial charge is 0.326 e. The van der Waals surface area contributed by atoms with Crippen molar-refractivity contribution >= 4 is 35.7 Å². The molecule has 0 saturated heterocycles. The van der Waals surface area contributed by atoms with Crippen LogP contribution in [0.4, 0.5) is 4.79 Å². The monoisotopic (exact) mass is 427 g/mol. The van der Waals surface area contributed by atoms with E-state index in [0.717, 1.165) is 17.0 Å². The second-order valence-corrected chi connectivity index (χ2v) is 7.44. The number of aliphatic carboxylic acids is 3. The van der Waals surface area contributed by atoms with E-state index in [1.54, 1.807) is 18.0 Å². The van der Waals surface area contributed by atoms with Crippen LogP contribution in [0, 0.1) is 6.92 Å². The fourth-order valence-corrected chi connectivity index (χ4v) is 3.34. The second kappa shape index (κ2) is 12.6. The topological polar surface area (TPSA) is 166 Å². The van der Waals surface area contributed by atoms with Crippen LogP contribution in [0.3, 0.4) is 0 Å². The highest BCUT2D eigenvalue weighted by Crippen LogP contribution is 2.14. The molecule has 0 spiro atoms. The van der Waals surface area contributed by atoms with E-state index in [-0.39, 0.29) is 12.8 Å². The second-order valence-electron chi connectivity index (χ2n) is 6.33. The zero-order valence-corrected chi connectivity index (χ0v) is 16.8.